The van der Waals surface area contributed by atoms with Crippen LogP contribution in [-0.2, 0) is 4.79 Å². The SMILES string of the molecule is Cc1cc(F)cc(OC(C)C(=O)O)c1. The lowest BCUT2D eigenvalue weighted by Crippen LogP contribution is -2.22. The number of carboxylic acid groups (broad SMARTS) is 1. The number of rotatable bonds is 3. The minimum atomic E-state index is -1.08. The Morgan fingerprint density at radius 3 is 2.64 bits per heavy atom. The molecule has 1 aromatic carbocycles. The monoisotopic (exact) mass is 198 g/mol. The molecule has 0 heterocycles. The molecular formula is C10H11FO3. The molecule has 4 heteroatoms. The van der Waals surface area contributed by atoms with Crippen LogP contribution in [0, 0.1) is 12.7 Å². The summed E-state index contributed by atoms with van der Waals surface area (Å²) in [4.78, 5) is 10.5. The predicted molar refractivity (Wildman–Crippen MR) is 48.9 cm³/mol. The first-order chi connectivity index (χ1) is 6.49. The van der Waals surface area contributed by atoms with Crippen molar-refractivity contribution < 1.29 is 19.0 Å². The molecule has 1 atom stereocenters. The summed E-state index contributed by atoms with van der Waals surface area (Å²) in [5.74, 6) is -1.28. The van der Waals surface area contributed by atoms with E-state index in [9.17, 15) is 9.18 Å². The molecule has 0 fully saturated rings. The molecule has 1 rings (SSSR count). The van der Waals surface area contributed by atoms with E-state index in [0.717, 1.165) is 6.07 Å². The summed E-state index contributed by atoms with van der Waals surface area (Å²) >= 11 is 0. The molecule has 0 aliphatic carbocycles. The van der Waals surface area contributed by atoms with E-state index in [4.69, 9.17) is 9.84 Å². The number of benzene rings is 1. The first kappa shape index (κ1) is 10.5. The van der Waals surface area contributed by atoms with Gasteiger partial charge in [0.15, 0.2) is 6.10 Å². The number of hydrogen-bond acceptors (Lipinski definition) is 2. The van der Waals surface area contributed by atoms with E-state index >= 15 is 0 Å². The Labute approximate surface area is 81.1 Å². The van der Waals surface area contributed by atoms with Crippen LogP contribution in [-0.4, -0.2) is 17.2 Å². The Morgan fingerprint density at radius 2 is 2.14 bits per heavy atom. The normalized spacial score (nSPS) is 12.2. The number of hydrogen-bond donors (Lipinski definition) is 1. The highest BCUT2D eigenvalue weighted by Gasteiger charge is 2.12. The van der Waals surface area contributed by atoms with Crippen molar-refractivity contribution in [3.8, 4) is 5.75 Å². The topological polar surface area (TPSA) is 46.5 Å². The largest absolute Gasteiger partial charge is 0.479 e. The van der Waals surface area contributed by atoms with Gasteiger partial charge in [-0.15, -0.1) is 0 Å². The zero-order valence-corrected chi connectivity index (χ0v) is 7.95. The molecule has 0 spiro atoms. The summed E-state index contributed by atoms with van der Waals surface area (Å²) < 4.78 is 17.8. The van der Waals surface area contributed by atoms with Crippen LogP contribution in [0.2, 0.25) is 0 Å². The zero-order chi connectivity index (χ0) is 10.7. The van der Waals surface area contributed by atoms with Crippen molar-refractivity contribution in [2.24, 2.45) is 0 Å². The van der Waals surface area contributed by atoms with Gasteiger partial charge in [0, 0.05) is 6.07 Å². The Hall–Kier alpha value is -1.58. The minimum Gasteiger partial charge on any atom is -0.479 e. The average Bonchev–Trinajstić information content (AvgIpc) is 2.01. The van der Waals surface area contributed by atoms with Gasteiger partial charge in [-0.1, -0.05) is 0 Å². The number of carboxylic acids is 1. The van der Waals surface area contributed by atoms with Crippen molar-refractivity contribution in [1.29, 1.82) is 0 Å². The third kappa shape index (κ3) is 2.73. The lowest BCUT2D eigenvalue weighted by molar-refractivity contribution is -0.144. The molecule has 0 aromatic heterocycles. The molecule has 0 saturated heterocycles. The Balaban J connectivity index is 2.81. The molecule has 0 amide bonds. The summed E-state index contributed by atoms with van der Waals surface area (Å²) in [7, 11) is 0. The van der Waals surface area contributed by atoms with Crippen LogP contribution in [0.3, 0.4) is 0 Å². The van der Waals surface area contributed by atoms with E-state index in [1.165, 1.54) is 13.0 Å². The van der Waals surface area contributed by atoms with Gasteiger partial charge in [0.2, 0.25) is 0 Å². The Morgan fingerprint density at radius 1 is 1.50 bits per heavy atom. The van der Waals surface area contributed by atoms with Gasteiger partial charge >= 0.3 is 5.97 Å². The van der Waals surface area contributed by atoms with Crippen LogP contribution in [0.5, 0.6) is 5.75 Å². The molecule has 0 aliphatic heterocycles. The average molecular weight is 198 g/mol. The highest BCUT2D eigenvalue weighted by Crippen LogP contribution is 2.17. The van der Waals surface area contributed by atoms with Crippen molar-refractivity contribution >= 4 is 5.97 Å². The first-order valence-corrected chi connectivity index (χ1v) is 4.15. The number of carbonyl (C=O) groups is 1. The van der Waals surface area contributed by atoms with Gasteiger partial charge in [0.1, 0.15) is 11.6 Å². The van der Waals surface area contributed by atoms with Gasteiger partial charge in [-0.2, -0.15) is 0 Å². The first-order valence-electron chi connectivity index (χ1n) is 4.15. The fraction of sp³-hybridized carbons (Fsp3) is 0.300. The van der Waals surface area contributed by atoms with Gasteiger partial charge in [-0.05, 0) is 31.5 Å². The third-order valence-corrected chi connectivity index (χ3v) is 1.68. The standard InChI is InChI=1S/C10H11FO3/c1-6-3-8(11)5-9(4-6)14-7(2)10(12)13/h3-5,7H,1-2H3,(H,12,13). The number of aryl methyl sites for hydroxylation is 1. The number of aliphatic carboxylic acids is 1. The van der Waals surface area contributed by atoms with E-state index in [1.54, 1.807) is 13.0 Å². The lowest BCUT2D eigenvalue weighted by Gasteiger charge is -2.10. The van der Waals surface area contributed by atoms with Gasteiger partial charge < -0.3 is 9.84 Å². The zero-order valence-electron chi connectivity index (χ0n) is 7.95. The van der Waals surface area contributed by atoms with Crippen LogP contribution in [0.1, 0.15) is 12.5 Å². The van der Waals surface area contributed by atoms with E-state index in [1.807, 2.05) is 0 Å². The second-order valence-electron chi connectivity index (χ2n) is 3.06. The summed E-state index contributed by atoms with van der Waals surface area (Å²) in [6.45, 7) is 3.10. The van der Waals surface area contributed by atoms with Gasteiger partial charge in [-0.25, -0.2) is 9.18 Å². The van der Waals surface area contributed by atoms with E-state index < -0.39 is 17.9 Å². The van der Waals surface area contributed by atoms with E-state index in [-0.39, 0.29) is 5.75 Å². The van der Waals surface area contributed by atoms with Gasteiger partial charge in [-0.3, -0.25) is 0 Å². The highest BCUT2D eigenvalue weighted by atomic mass is 19.1. The molecule has 1 N–H and O–H groups in total. The molecule has 76 valence electrons. The fourth-order valence-corrected chi connectivity index (χ4v) is 1.03. The van der Waals surface area contributed by atoms with Crippen molar-refractivity contribution in [1.82, 2.24) is 0 Å². The van der Waals surface area contributed by atoms with Crippen molar-refractivity contribution in [2.75, 3.05) is 0 Å². The van der Waals surface area contributed by atoms with Gasteiger partial charge in [0.05, 0.1) is 0 Å². The number of ether oxygens (including phenoxy) is 1. The fourth-order valence-electron chi connectivity index (χ4n) is 1.03. The molecule has 1 unspecified atom stereocenters. The predicted octanol–water partition coefficient (Wildman–Crippen LogP) is 1.99. The third-order valence-electron chi connectivity index (χ3n) is 1.68. The summed E-state index contributed by atoms with van der Waals surface area (Å²) in [5, 5.41) is 8.56. The van der Waals surface area contributed by atoms with Crippen molar-refractivity contribution in [2.45, 2.75) is 20.0 Å². The van der Waals surface area contributed by atoms with Crippen molar-refractivity contribution in [3.05, 3.63) is 29.6 Å². The summed E-state index contributed by atoms with van der Waals surface area (Å²) in [6.07, 6.45) is -0.976. The highest BCUT2D eigenvalue weighted by molar-refractivity contribution is 5.72. The van der Waals surface area contributed by atoms with E-state index in [2.05, 4.69) is 0 Å². The van der Waals surface area contributed by atoms with Crippen LogP contribution in [0.4, 0.5) is 4.39 Å². The molecule has 0 saturated carbocycles. The maximum absolute atomic E-state index is 12.9. The van der Waals surface area contributed by atoms with Crippen LogP contribution in [0.15, 0.2) is 18.2 Å². The molecule has 0 bridgehead atoms. The molecule has 14 heavy (non-hydrogen) atoms. The summed E-state index contributed by atoms with van der Waals surface area (Å²) in [6, 6.07) is 4.09. The van der Waals surface area contributed by atoms with E-state index in [0.29, 0.717) is 5.56 Å². The second kappa shape index (κ2) is 4.09. The maximum atomic E-state index is 12.9. The Kier molecular flexibility index (Phi) is 3.06. The number of halogens is 1. The maximum Gasteiger partial charge on any atom is 0.344 e. The molecular weight excluding hydrogens is 187 g/mol. The van der Waals surface area contributed by atoms with Crippen LogP contribution < -0.4 is 4.74 Å². The molecule has 3 nitrogen and oxygen atoms in total. The molecule has 1 aromatic rings. The van der Waals surface area contributed by atoms with Gasteiger partial charge in [0.25, 0.3) is 0 Å². The van der Waals surface area contributed by atoms with Crippen molar-refractivity contribution in [3.63, 3.8) is 0 Å². The lowest BCUT2D eigenvalue weighted by atomic mass is 10.2. The molecule has 0 aliphatic rings. The Bertz CT molecular complexity index is 329. The quantitative estimate of drug-likeness (QED) is 0.807. The molecule has 0 radical (unpaired) electrons. The second-order valence-corrected chi connectivity index (χ2v) is 3.06. The van der Waals surface area contributed by atoms with Crippen LogP contribution in [0.25, 0.3) is 0 Å². The smallest absolute Gasteiger partial charge is 0.344 e. The van der Waals surface area contributed by atoms with Crippen LogP contribution >= 0.6 is 0 Å². The summed E-state index contributed by atoms with van der Waals surface area (Å²) in [5.41, 5.74) is 0.692. The minimum absolute atomic E-state index is 0.234.